The Morgan fingerprint density at radius 2 is 1.81 bits per heavy atom. The number of para-hydroxylation sites is 1. The van der Waals surface area contributed by atoms with Gasteiger partial charge < -0.3 is 4.74 Å². The van der Waals surface area contributed by atoms with Gasteiger partial charge in [0.25, 0.3) is 0 Å². The van der Waals surface area contributed by atoms with Crippen LogP contribution in [0.2, 0.25) is 0 Å². The van der Waals surface area contributed by atoms with Crippen LogP contribution in [-0.4, -0.2) is 18.7 Å². The minimum absolute atomic E-state index is 0. The van der Waals surface area contributed by atoms with Crippen LogP contribution in [0.3, 0.4) is 0 Å². The molecule has 0 saturated heterocycles. The van der Waals surface area contributed by atoms with Gasteiger partial charge in [0.15, 0.2) is 11.9 Å². The Hall–Kier alpha value is -1.12. The largest absolute Gasteiger partial charge is 0.556 e. The molecule has 0 aliphatic heterocycles. The summed E-state index contributed by atoms with van der Waals surface area (Å²) in [6.45, 7) is 8.02. The Morgan fingerprint density at radius 3 is 2.33 bits per heavy atom. The van der Waals surface area contributed by atoms with E-state index in [0.29, 0.717) is 12.4 Å². The van der Waals surface area contributed by atoms with Gasteiger partial charge in [-0.3, -0.25) is 9.32 Å². The quantitative estimate of drug-likeness (QED) is 0.570. The third kappa shape index (κ3) is 8.69. The second-order valence-corrected chi connectivity index (χ2v) is 7.20. The first-order chi connectivity index (χ1) is 9.28. The summed E-state index contributed by atoms with van der Waals surface area (Å²) in [6, 6.07) is 8.93. The van der Waals surface area contributed by atoms with E-state index in [1.165, 1.54) is 0 Å². The van der Waals surface area contributed by atoms with Crippen molar-refractivity contribution in [3.8, 4) is 5.75 Å². The van der Waals surface area contributed by atoms with Crippen LogP contribution >= 0.6 is 20.4 Å². The maximum absolute atomic E-state index is 11.8. The molecule has 0 N–H and O–H groups in total. The summed E-state index contributed by atoms with van der Waals surface area (Å²) < 4.78 is 22.3. The van der Waals surface area contributed by atoms with E-state index >= 15 is 0 Å². The lowest BCUT2D eigenvalue weighted by Crippen LogP contribution is -2.23. The Morgan fingerprint density at radius 1 is 1.24 bits per heavy atom. The van der Waals surface area contributed by atoms with Crippen molar-refractivity contribution in [3.05, 3.63) is 30.3 Å². The van der Waals surface area contributed by atoms with E-state index in [2.05, 4.69) is 0 Å². The van der Waals surface area contributed by atoms with Crippen LogP contribution < -0.4 is 4.52 Å². The highest BCUT2D eigenvalue weighted by Crippen LogP contribution is 2.29. The molecule has 0 aromatic heterocycles. The number of ether oxygens (including phenoxy) is 1. The number of esters is 1. The van der Waals surface area contributed by atoms with Crippen molar-refractivity contribution in [2.24, 2.45) is 11.3 Å². The third-order valence-corrected chi connectivity index (χ3v) is 3.68. The Labute approximate surface area is 133 Å². The van der Waals surface area contributed by atoms with E-state index < -0.39 is 13.9 Å². The minimum Gasteiger partial charge on any atom is -0.465 e. The van der Waals surface area contributed by atoms with Gasteiger partial charge in [-0.1, -0.05) is 39.0 Å². The molecule has 4 nitrogen and oxygen atoms in total. The molecule has 0 aliphatic rings. The van der Waals surface area contributed by atoms with Crippen LogP contribution in [0.4, 0.5) is 0 Å². The lowest BCUT2D eigenvalue weighted by molar-refractivity contribution is -0.149. The number of halogens is 1. The summed E-state index contributed by atoms with van der Waals surface area (Å²) >= 11 is 0. The summed E-state index contributed by atoms with van der Waals surface area (Å²) in [5, 5.41) is 0. The van der Waals surface area contributed by atoms with Gasteiger partial charge in [-0.05, 0) is 29.0 Å². The van der Waals surface area contributed by atoms with E-state index in [4.69, 9.17) is 9.26 Å². The fourth-order valence-corrected chi connectivity index (χ4v) is 2.39. The molecule has 2 atom stereocenters. The number of hydrogen-bond acceptors (Lipinski definition) is 4. The molecule has 1 aromatic rings. The molecule has 0 saturated carbocycles. The maximum atomic E-state index is 11.8. The molecular weight excluding hydrogens is 311 g/mol. The van der Waals surface area contributed by atoms with Gasteiger partial charge in [0, 0.05) is 0 Å². The molecule has 0 spiro atoms. The van der Waals surface area contributed by atoms with Gasteiger partial charge in [0.1, 0.15) is 5.92 Å². The zero-order valence-electron chi connectivity index (χ0n) is 12.9. The monoisotopic (exact) mass is 333 g/mol. The lowest BCUT2D eigenvalue weighted by Gasteiger charge is -2.18. The first-order valence-corrected chi connectivity index (χ1v) is 7.98. The standard InChI is InChI=1S/C15H22O4P.ClH/c1-12(14(16)18-11-15(2,3)4)10-20(17)19-13-8-6-5-7-9-13;/h5-9,12H,10-11H2,1-4H3;1H/q+1;/t12-;/m1./s1. The van der Waals surface area contributed by atoms with Gasteiger partial charge in [-0.2, -0.15) is 0 Å². The van der Waals surface area contributed by atoms with E-state index in [0.717, 1.165) is 0 Å². The first kappa shape index (κ1) is 19.9. The molecule has 6 heteroatoms. The van der Waals surface area contributed by atoms with E-state index in [9.17, 15) is 9.36 Å². The number of benzene rings is 1. The highest BCUT2D eigenvalue weighted by atomic mass is 35.5. The van der Waals surface area contributed by atoms with Crippen molar-refractivity contribution in [2.75, 3.05) is 12.8 Å². The second kappa shape index (κ2) is 9.01. The lowest BCUT2D eigenvalue weighted by atomic mass is 9.99. The van der Waals surface area contributed by atoms with Gasteiger partial charge in [0.2, 0.25) is 0 Å². The number of carbonyl (C=O) groups is 1. The van der Waals surface area contributed by atoms with E-state index in [1.54, 1.807) is 31.2 Å². The highest BCUT2D eigenvalue weighted by Gasteiger charge is 2.29. The second-order valence-electron chi connectivity index (χ2n) is 5.99. The summed E-state index contributed by atoms with van der Waals surface area (Å²) in [7, 11) is -1.92. The molecule has 0 aliphatic carbocycles. The predicted molar refractivity (Wildman–Crippen MR) is 86.4 cm³/mol. The van der Waals surface area contributed by atoms with Crippen LogP contribution in [0.15, 0.2) is 30.3 Å². The molecule has 21 heavy (non-hydrogen) atoms. The topological polar surface area (TPSA) is 52.6 Å². The molecule has 118 valence electrons. The van der Waals surface area contributed by atoms with Crippen molar-refractivity contribution in [1.29, 1.82) is 0 Å². The predicted octanol–water partition coefficient (Wildman–Crippen LogP) is 4.46. The summed E-state index contributed by atoms with van der Waals surface area (Å²) in [5.74, 6) is -0.228. The third-order valence-electron chi connectivity index (χ3n) is 2.42. The van der Waals surface area contributed by atoms with Crippen molar-refractivity contribution in [2.45, 2.75) is 27.7 Å². The van der Waals surface area contributed by atoms with Crippen LogP contribution in [0.25, 0.3) is 0 Å². The number of carbonyl (C=O) groups excluding carboxylic acids is 1. The van der Waals surface area contributed by atoms with Gasteiger partial charge in [-0.25, -0.2) is 0 Å². The first-order valence-electron chi connectivity index (χ1n) is 6.62. The average molecular weight is 334 g/mol. The molecule has 1 unspecified atom stereocenters. The Bertz CT molecular complexity index is 456. The Kier molecular flexibility index (Phi) is 8.53. The zero-order valence-corrected chi connectivity index (χ0v) is 14.6. The van der Waals surface area contributed by atoms with Crippen molar-refractivity contribution >= 4 is 26.4 Å². The minimum atomic E-state index is -1.92. The zero-order chi connectivity index (χ0) is 15.2. The summed E-state index contributed by atoms with van der Waals surface area (Å²) in [6.07, 6.45) is 0.160. The molecule has 0 fully saturated rings. The Balaban J connectivity index is 0.00000400. The molecule has 0 bridgehead atoms. The van der Waals surface area contributed by atoms with Crippen molar-refractivity contribution < 1.29 is 18.6 Å². The van der Waals surface area contributed by atoms with Crippen LogP contribution in [0.5, 0.6) is 5.75 Å². The van der Waals surface area contributed by atoms with E-state index in [1.807, 2.05) is 26.8 Å². The number of hydrogen-bond donors (Lipinski definition) is 0. The van der Waals surface area contributed by atoms with E-state index in [-0.39, 0.29) is 30.0 Å². The molecule has 1 aromatic carbocycles. The van der Waals surface area contributed by atoms with Crippen LogP contribution in [0.1, 0.15) is 27.7 Å². The van der Waals surface area contributed by atoms with Gasteiger partial charge >= 0.3 is 14.0 Å². The van der Waals surface area contributed by atoms with Crippen LogP contribution in [-0.2, 0) is 14.1 Å². The molecule has 1 rings (SSSR count). The molecule has 0 radical (unpaired) electrons. The van der Waals surface area contributed by atoms with Crippen LogP contribution in [0, 0.1) is 11.3 Å². The maximum Gasteiger partial charge on any atom is 0.556 e. The van der Waals surface area contributed by atoms with Gasteiger partial charge in [-0.15, -0.1) is 12.4 Å². The summed E-state index contributed by atoms with van der Waals surface area (Å²) in [4.78, 5) is 11.8. The summed E-state index contributed by atoms with van der Waals surface area (Å²) in [5.41, 5.74) is -0.0713. The average Bonchev–Trinajstić information content (AvgIpc) is 2.36. The normalized spacial score (nSPS) is 12.9. The number of rotatable bonds is 6. The highest BCUT2D eigenvalue weighted by molar-refractivity contribution is 7.39. The molecule has 0 amide bonds. The SMILES string of the molecule is C[C@H](C[P+](=O)Oc1ccccc1)C(=O)OCC(C)(C)C.Cl. The smallest absolute Gasteiger partial charge is 0.465 e. The van der Waals surface area contributed by atoms with Crippen molar-refractivity contribution in [3.63, 3.8) is 0 Å². The molecular formula is C15H23ClO4P+. The fourth-order valence-electron chi connectivity index (χ4n) is 1.36. The van der Waals surface area contributed by atoms with Crippen molar-refractivity contribution in [1.82, 2.24) is 0 Å². The fraction of sp³-hybridized carbons (Fsp3) is 0.533. The van der Waals surface area contributed by atoms with Gasteiger partial charge in [0.05, 0.1) is 6.61 Å². The molecule has 0 heterocycles.